The van der Waals surface area contributed by atoms with Crippen molar-refractivity contribution in [3.63, 3.8) is 0 Å². The molecule has 3 aromatic rings. The molecule has 1 saturated carbocycles. The van der Waals surface area contributed by atoms with Crippen LogP contribution in [0, 0.1) is 23.7 Å². The molecular formula is C25H19Cl2N3O2. The molecule has 5 nitrogen and oxygen atoms in total. The predicted molar refractivity (Wildman–Crippen MR) is 125 cm³/mol. The third-order valence-corrected chi connectivity index (χ3v) is 7.65. The van der Waals surface area contributed by atoms with Crippen molar-refractivity contribution in [1.82, 2.24) is 9.58 Å². The number of amides is 2. The van der Waals surface area contributed by atoms with Crippen molar-refractivity contribution in [2.75, 3.05) is 0 Å². The number of allylic oxidation sites excluding steroid dienone is 2. The Balaban J connectivity index is 1.32. The molecular weight excluding hydrogens is 445 g/mol. The fraction of sp³-hybridized carbons (Fsp3) is 0.240. The van der Waals surface area contributed by atoms with Crippen LogP contribution < -0.4 is 0 Å². The number of hydrogen-bond acceptors (Lipinski definition) is 3. The van der Waals surface area contributed by atoms with Gasteiger partial charge in [-0.15, -0.1) is 0 Å². The van der Waals surface area contributed by atoms with Crippen molar-refractivity contribution < 1.29 is 9.59 Å². The Labute approximate surface area is 194 Å². The molecule has 1 saturated heterocycles. The van der Waals surface area contributed by atoms with Crippen LogP contribution in [0.25, 0.3) is 10.9 Å². The van der Waals surface area contributed by atoms with Gasteiger partial charge < -0.3 is 4.57 Å². The maximum Gasteiger partial charge on any atom is 0.254 e. The molecule has 0 spiro atoms. The minimum absolute atomic E-state index is 0.173. The summed E-state index contributed by atoms with van der Waals surface area (Å²) in [7, 11) is 0. The van der Waals surface area contributed by atoms with Gasteiger partial charge in [0.05, 0.1) is 28.1 Å². The van der Waals surface area contributed by atoms with Gasteiger partial charge in [-0.2, -0.15) is 10.1 Å². The zero-order valence-electron chi connectivity index (χ0n) is 17.0. The van der Waals surface area contributed by atoms with Crippen molar-refractivity contribution in [3.05, 3.63) is 82.0 Å². The lowest BCUT2D eigenvalue weighted by Gasteiger charge is -2.13. The van der Waals surface area contributed by atoms with Crippen LogP contribution in [0.1, 0.15) is 17.5 Å². The second-order valence-corrected chi connectivity index (χ2v) is 9.53. The largest absolute Gasteiger partial charge is 0.342 e. The van der Waals surface area contributed by atoms with Crippen LogP contribution in [0.15, 0.2) is 65.9 Å². The molecule has 0 N–H and O–H groups in total. The topological polar surface area (TPSA) is 54.7 Å². The van der Waals surface area contributed by atoms with Gasteiger partial charge in [0.2, 0.25) is 0 Å². The van der Waals surface area contributed by atoms with Gasteiger partial charge in [0.25, 0.3) is 11.8 Å². The lowest BCUT2D eigenvalue weighted by atomic mass is 9.85. The van der Waals surface area contributed by atoms with E-state index in [1.807, 2.05) is 42.6 Å². The molecule has 2 amide bonds. The highest BCUT2D eigenvalue weighted by Gasteiger charge is 2.59. The fourth-order valence-corrected chi connectivity index (χ4v) is 5.78. The number of rotatable bonds is 4. The lowest BCUT2D eigenvalue weighted by Crippen LogP contribution is -2.28. The van der Waals surface area contributed by atoms with E-state index in [9.17, 15) is 9.59 Å². The third-order valence-electron chi connectivity index (χ3n) is 6.92. The first-order valence-corrected chi connectivity index (χ1v) is 11.4. The van der Waals surface area contributed by atoms with E-state index >= 15 is 0 Å². The van der Waals surface area contributed by atoms with Crippen LogP contribution in [0.4, 0.5) is 0 Å². The zero-order chi connectivity index (χ0) is 22.0. The summed E-state index contributed by atoms with van der Waals surface area (Å²) >= 11 is 12.2. The average Bonchev–Trinajstić information content (AvgIpc) is 3.54. The number of imide groups is 1. The number of fused-ring (bicyclic) bond motifs is 6. The molecule has 0 unspecified atom stereocenters. The average molecular weight is 464 g/mol. The summed E-state index contributed by atoms with van der Waals surface area (Å²) in [5, 5.41) is 7.49. The van der Waals surface area contributed by atoms with Gasteiger partial charge in [-0.1, -0.05) is 59.6 Å². The van der Waals surface area contributed by atoms with E-state index in [1.54, 1.807) is 12.3 Å². The second-order valence-electron chi connectivity index (χ2n) is 8.71. The Hall–Kier alpha value is -2.89. The summed E-state index contributed by atoms with van der Waals surface area (Å²) in [6.45, 7) is 0.603. The van der Waals surface area contributed by atoms with Crippen molar-refractivity contribution in [2.24, 2.45) is 28.8 Å². The van der Waals surface area contributed by atoms with Crippen LogP contribution >= 0.6 is 23.2 Å². The quantitative estimate of drug-likeness (QED) is 0.305. The Morgan fingerprint density at radius 3 is 2.41 bits per heavy atom. The van der Waals surface area contributed by atoms with Crippen LogP contribution in [-0.4, -0.2) is 27.6 Å². The number of halogens is 2. The number of benzene rings is 2. The molecule has 7 heteroatoms. The number of hydrogen-bond donors (Lipinski definition) is 0. The van der Waals surface area contributed by atoms with Crippen molar-refractivity contribution in [1.29, 1.82) is 0 Å². The van der Waals surface area contributed by atoms with Gasteiger partial charge in [0.1, 0.15) is 0 Å². The monoisotopic (exact) mass is 463 g/mol. The number of hydrazone groups is 1. The van der Waals surface area contributed by atoms with Crippen LogP contribution in [0.3, 0.4) is 0 Å². The fourth-order valence-electron chi connectivity index (χ4n) is 5.46. The number of para-hydroxylation sites is 1. The molecule has 0 radical (unpaired) electrons. The smallest absolute Gasteiger partial charge is 0.254 e. The number of nitrogens with zero attached hydrogens (tertiary/aromatic N) is 3. The minimum Gasteiger partial charge on any atom is -0.342 e. The van der Waals surface area contributed by atoms with E-state index in [0.717, 1.165) is 33.5 Å². The summed E-state index contributed by atoms with van der Waals surface area (Å²) in [6, 6.07) is 13.6. The van der Waals surface area contributed by atoms with E-state index in [2.05, 4.69) is 21.8 Å². The Morgan fingerprint density at radius 1 is 0.969 bits per heavy atom. The van der Waals surface area contributed by atoms with Gasteiger partial charge in [-0.3, -0.25) is 9.59 Å². The Bertz CT molecular complexity index is 1310. The maximum atomic E-state index is 12.9. The first kappa shape index (κ1) is 19.8. The van der Waals surface area contributed by atoms with Crippen molar-refractivity contribution >= 4 is 52.1 Å². The van der Waals surface area contributed by atoms with Gasteiger partial charge in [0.15, 0.2) is 0 Å². The molecule has 3 aliphatic rings. The molecule has 2 heterocycles. The molecule has 6 rings (SSSR count). The standard InChI is InChI=1S/C25H19Cl2N3O2/c26-19-8-5-14(9-20(19)27)12-29-13-17(18-3-1-2-4-21(18)29)11-28-30-24(31)22-15-6-7-16(10-15)23(22)25(30)32/h1-9,11,13,15-16,22-23H,10,12H2/b28-11-/t15-,16-,22+,23+/m0/s1. The van der Waals surface area contributed by atoms with Crippen LogP contribution in [0.2, 0.25) is 10.0 Å². The van der Waals surface area contributed by atoms with E-state index < -0.39 is 0 Å². The van der Waals surface area contributed by atoms with Crippen molar-refractivity contribution in [3.8, 4) is 0 Å². The molecule has 2 aliphatic carbocycles. The summed E-state index contributed by atoms with van der Waals surface area (Å²) in [5.74, 6) is -0.485. The highest BCUT2D eigenvalue weighted by Crippen LogP contribution is 2.52. The Kier molecular flexibility index (Phi) is 4.52. The van der Waals surface area contributed by atoms with Crippen molar-refractivity contribution in [2.45, 2.75) is 13.0 Å². The Morgan fingerprint density at radius 2 is 1.69 bits per heavy atom. The third kappa shape index (κ3) is 2.95. The molecule has 2 fully saturated rings. The summed E-state index contributed by atoms with van der Waals surface area (Å²) < 4.78 is 2.10. The highest BCUT2D eigenvalue weighted by molar-refractivity contribution is 6.42. The van der Waals surface area contributed by atoms with Gasteiger partial charge in [-0.05, 0) is 42.0 Å². The molecule has 2 aromatic carbocycles. The lowest BCUT2D eigenvalue weighted by molar-refractivity contribution is -0.140. The first-order valence-electron chi connectivity index (χ1n) is 10.6. The maximum absolute atomic E-state index is 12.9. The minimum atomic E-state index is -0.245. The van der Waals surface area contributed by atoms with E-state index in [4.69, 9.17) is 23.2 Å². The van der Waals surface area contributed by atoms with Crippen LogP contribution in [-0.2, 0) is 16.1 Å². The summed E-state index contributed by atoms with van der Waals surface area (Å²) in [6.07, 6.45) is 8.68. The SMILES string of the molecule is O=C1[C@H]2[C@H](C(=O)N1/N=C\c1cn(Cc3ccc(Cl)c(Cl)c3)c3ccccc13)[C@H]1C=C[C@H]2C1. The van der Waals surface area contributed by atoms with E-state index in [1.165, 1.54) is 0 Å². The van der Waals surface area contributed by atoms with Gasteiger partial charge >= 0.3 is 0 Å². The van der Waals surface area contributed by atoms with Gasteiger partial charge in [-0.25, -0.2) is 0 Å². The number of aromatic nitrogens is 1. The number of carbonyl (C=O) groups is 2. The predicted octanol–water partition coefficient (Wildman–Crippen LogP) is 5.14. The second kappa shape index (κ2) is 7.32. The summed E-state index contributed by atoms with van der Waals surface area (Å²) in [4.78, 5) is 25.8. The van der Waals surface area contributed by atoms with Crippen LogP contribution in [0.5, 0.6) is 0 Å². The molecule has 2 bridgehead atoms. The zero-order valence-corrected chi connectivity index (χ0v) is 18.5. The molecule has 160 valence electrons. The molecule has 1 aliphatic heterocycles. The summed E-state index contributed by atoms with van der Waals surface area (Å²) in [5.41, 5.74) is 2.89. The normalized spacial score (nSPS) is 26.2. The first-order chi connectivity index (χ1) is 15.5. The van der Waals surface area contributed by atoms with E-state index in [0.29, 0.717) is 16.6 Å². The van der Waals surface area contributed by atoms with E-state index in [-0.39, 0.29) is 35.5 Å². The number of carbonyl (C=O) groups excluding carboxylic acids is 2. The molecule has 1 aromatic heterocycles. The molecule has 32 heavy (non-hydrogen) atoms. The highest BCUT2D eigenvalue weighted by atomic mass is 35.5. The van der Waals surface area contributed by atoms with Gasteiger partial charge in [0, 0.05) is 29.2 Å². The molecule has 4 atom stereocenters.